The highest BCUT2D eigenvalue weighted by molar-refractivity contribution is 5.90. The lowest BCUT2D eigenvalue weighted by Crippen LogP contribution is -2.55. The highest BCUT2D eigenvalue weighted by Gasteiger charge is 2.83. The Hall–Kier alpha value is -2.53. The number of benzene rings is 2. The smallest absolute Gasteiger partial charge is 0.174 e. The summed E-state index contributed by atoms with van der Waals surface area (Å²) < 4.78 is 6.15. The third kappa shape index (κ3) is 1.45. The number of nitrogens with zero attached hydrogens (tertiary/aromatic N) is 1. The van der Waals surface area contributed by atoms with Crippen LogP contribution >= 0.6 is 0 Å². The number of hydrazine groups is 1. The lowest BCUT2D eigenvalue weighted by atomic mass is 9.59. The number of nitrogens with one attached hydrogen (secondary N) is 1. The third-order valence-electron chi connectivity index (χ3n) is 7.79. The minimum atomic E-state index is -0.415. The number of phenolic OH excluding ortho intramolecular Hbond substituents is 1. The number of hydrogen-bond donors (Lipinski definition) is 2. The van der Waals surface area contributed by atoms with E-state index >= 15 is 0 Å². The molecule has 1 saturated heterocycles. The molecule has 7 rings (SSSR count). The minimum absolute atomic E-state index is 0.0539. The lowest BCUT2D eigenvalue weighted by Gasteiger charge is -2.45. The van der Waals surface area contributed by atoms with Crippen molar-refractivity contribution in [2.75, 3.05) is 5.43 Å². The molecule has 3 aliphatic carbocycles. The van der Waals surface area contributed by atoms with E-state index in [0.29, 0.717) is 24.1 Å². The van der Waals surface area contributed by atoms with Crippen LogP contribution in [0.15, 0.2) is 42.5 Å². The fourth-order valence-corrected chi connectivity index (χ4v) is 6.98. The summed E-state index contributed by atoms with van der Waals surface area (Å²) in [4.78, 5) is 12.8. The number of piperidine rings is 1. The molecule has 0 aromatic heterocycles. The zero-order valence-corrected chi connectivity index (χ0v) is 14.8. The quantitative estimate of drug-likeness (QED) is 0.807. The summed E-state index contributed by atoms with van der Waals surface area (Å²) in [5.74, 6) is 1.35. The number of hydrogen-bond acceptors (Lipinski definition) is 5. The van der Waals surface area contributed by atoms with Crippen LogP contribution in [0.3, 0.4) is 0 Å². The molecule has 6 atom stereocenters. The number of ether oxygens (including phenoxy) is 1. The Labute approximate surface area is 156 Å². The Balaban J connectivity index is 1.38. The lowest BCUT2D eigenvalue weighted by molar-refractivity contribution is -0.133. The first-order valence-corrected chi connectivity index (χ1v) is 9.81. The van der Waals surface area contributed by atoms with Crippen LogP contribution in [-0.4, -0.2) is 33.6 Å². The van der Waals surface area contributed by atoms with E-state index in [0.717, 1.165) is 30.5 Å². The maximum atomic E-state index is 12.8. The van der Waals surface area contributed by atoms with Crippen LogP contribution in [0, 0.1) is 5.92 Å². The molecule has 5 aliphatic rings. The number of aromatic hydroxyl groups is 1. The maximum absolute atomic E-state index is 12.8. The first kappa shape index (κ1) is 14.5. The van der Waals surface area contributed by atoms with Crippen molar-refractivity contribution in [1.29, 1.82) is 0 Å². The van der Waals surface area contributed by atoms with Gasteiger partial charge in [-0.05, 0) is 48.9 Å². The van der Waals surface area contributed by atoms with Crippen LogP contribution < -0.4 is 10.2 Å². The summed E-state index contributed by atoms with van der Waals surface area (Å²) in [7, 11) is 0. The van der Waals surface area contributed by atoms with Gasteiger partial charge in [-0.15, -0.1) is 0 Å². The molecule has 2 saturated carbocycles. The predicted molar refractivity (Wildman–Crippen MR) is 98.7 cm³/mol. The maximum Gasteiger partial charge on any atom is 0.174 e. The van der Waals surface area contributed by atoms with Gasteiger partial charge in [0.05, 0.1) is 11.6 Å². The van der Waals surface area contributed by atoms with Gasteiger partial charge in [0.2, 0.25) is 0 Å². The highest BCUT2D eigenvalue weighted by atomic mass is 16.5. The molecule has 136 valence electrons. The van der Waals surface area contributed by atoms with E-state index in [4.69, 9.17) is 4.74 Å². The van der Waals surface area contributed by atoms with Crippen molar-refractivity contribution >= 4 is 11.5 Å². The zero-order valence-electron chi connectivity index (χ0n) is 14.8. The average Bonchev–Trinajstić information content (AvgIpc) is 2.99. The first-order valence-electron chi connectivity index (χ1n) is 9.81. The molecule has 2 aromatic rings. The monoisotopic (exact) mass is 360 g/mol. The van der Waals surface area contributed by atoms with Gasteiger partial charge in [-0.2, -0.15) is 0 Å². The van der Waals surface area contributed by atoms with Gasteiger partial charge in [0.25, 0.3) is 0 Å². The Morgan fingerprint density at radius 3 is 2.89 bits per heavy atom. The fraction of sp³-hybridized carbons (Fsp3) is 0.409. The summed E-state index contributed by atoms with van der Waals surface area (Å²) in [6, 6.07) is 14.5. The summed E-state index contributed by atoms with van der Waals surface area (Å²) in [6.07, 6.45) is 2.96. The average molecular weight is 360 g/mol. The normalized spacial score (nSPS) is 41.6. The van der Waals surface area contributed by atoms with Crippen LogP contribution in [0.5, 0.6) is 11.5 Å². The second kappa shape index (κ2) is 4.30. The fourth-order valence-electron chi connectivity index (χ4n) is 6.98. The number of carbonyl (C=O) groups excluding carboxylic acids is 1. The standard InChI is InChI=1S/C22H20N2O3/c25-15-8-6-12-10-21-11-22-14(7-9-16(26)20(22)27-18(15)17(12)22)19(21)24(21)23-13-4-2-1-3-5-13/h1-6,8,14,19-20,23,25H,7,9-11H2/t14?,19?,20-,21+,22-,24?/m1/s1. The van der Waals surface area contributed by atoms with Gasteiger partial charge in [0.1, 0.15) is 0 Å². The topological polar surface area (TPSA) is 61.6 Å². The van der Waals surface area contributed by atoms with Crippen molar-refractivity contribution in [3.8, 4) is 11.5 Å². The zero-order chi connectivity index (χ0) is 18.0. The van der Waals surface area contributed by atoms with Crippen LogP contribution in [-0.2, 0) is 16.6 Å². The van der Waals surface area contributed by atoms with Crippen LogP contribution in [0.2, 0.25) is 0 Å². The molecule has 27 heavy (non-hydrogen) atoms. The van der Waals surface area contributed by atoms with Crippen molar-refractivity contribution < 1.29 is 14.6 Å². The Morgan fingerprint density at radius 2 is 2.04 bits per heavy atom. The largest absolute Gasteiger partial charge is 0.504 e. The van der Waals surface area contributed by atoms with Gasteiger partial charge in [-0.3, -0.25) is 4.79 Å². The van der Waals surface area contributed by atoms with Crippen molar-refractivity contribution in [2.45, 2.75) is 48.8 Å². The number of phenols is 1. The SMILES string of the molecule is O=C1CCC2C3N(Nc4ccccc4)[C@]34Cc3ccc(O)c5c3[C@]2(C4)[C@@H]1O5. The number of Topliss-reactive ketones (excluding diaryl/α,β-unsaturated/α-hetero) is 1. The molecule has 0 amide bonds. The van der Waals surface area contributed by atoms with Crippen molar-refractivity contribution in [1.82, 2.24) is 5.01 Å². The molecular formula is C22H20N2O3. The Bertz CT molecular complexity index is 1020. The molecule has 3 fully saturated rings. The molecule has 2 N–H and O–H groups in total. The molecular weight excluding hydrogens is 340 g/mol. The van der Waals surface area contributed by atoms with Gasteiger partial charge in [-0.1, -0.05) is 24.3 Å². The van der Waals surface area contributed by atoms with Crippen molar-refractivity contribution in [3.05, 3.63) is 53.6 Å². The van der Waals surface area contributed by atoms with Crippen LogP contribution in [0.25, 0.3) is 0 Å². The summed E-state index contributed by atoms with van der Waals surface area (Å²) in [5, 5.41) is 12.8. The van der Waals surface area contributed by atoms with Gasteiger partial charge >= 0.3 is 0 Å². The third-order valence-corrected chi connectivity index (χ3v) is 7.79. The number of rotatable bonds is 2. The first-order chi connectivity index (χ1) is 13.1. The van der Waals surface area contributed by atoms with Gasteiger partial charge in [0.15, 0.2) is 23.4 Å². The number of ketones is 1. The van der Waals surface area contributed by atoms with E-state index in [-0.39, 0.29) is 22.5 Å². The molecule has 3 unspecified atom stereocenters. The molecule has 2 heterocycles. The van der Waals surface area contributed by atoms with Crippen molar-refractivity contribution in [3.63, 3.8) is 0 Å². The van der Waals surface area contributed by atoms with Crippen LogP contribution in [0.4, 0.5) is 5.69 Å². The Morgan fingerprint density at radius 1 is 1.19 bits per heavy atom. The minimum Gasteiger partial charge on any atom is -0.504 e. The Kier molecular flexibility index (Phi) is 2.31. The van der Waals surface area contributed by atoms with E-state index in [2.05, 4.69) is 22.6 Å². The molecule has 2 aliphatic heterocycles. The predicted octanol–water partition coefficient (Wildman–Crippen LogP) is 2.78. The number of para-hydroxylation sites is 1. The summed E-state index contributed by atoms with van der Waals surface area (Å²) in [5.41, 5.74) is 6.95. The molecule has 0 radical (unpaired) electrons. The van der Waals surface area contributed by atoms with E-state index < -0.39 is 6.10 Å². The molecule has 2 spiro atoms. The van der Waals surface area contributed by atoms with Gasteiger partial charge in [-0.25, -0.2) is 5.01 Å². The van der Waals surface area contributed by atoms with Gasteiger partial charge < -0.3 is 15.3 Å². The summed E-state index contributed by atoms with van der Waals surface area (Å²) >= 11 is 0. The van der Waals surface area contributed by atoms with Gasteiger partial charge in [0, 0.05) is 23.1 Å². The number of fused-ring (bicyclic) bond motifs is 1. The molecule has 2 aromatic carbocycles. The van der Waals surface area contributed by atoms with Crippen molar-refractivity contribution in [2.24, 2.45) is 5.92 Å². The molecule has 5 nitrogen and oxygen atoms in total. The number of anilines is 1. The number of carbonyl (C=O) groups is 1. The van der Waals surface area contributed by atoms with E-state index in [9.17, 15) is 9.90 Å². The second-order valence-electron chi connectivity index (χ2n) is 8.85. The molecule has 5 heteroatoms. The van der Waals surface area contributed by atoms with E-state index in [1.807, 2.05) is 24.3 Å². The van der Waals surface area contributed by atoms with E-state index in [1.165, 1.54) is 5.56 Å². The molecule has 2 bridgehead atoms. The highest BCUT2D eigenvalue weighted by Crippen LogP contribution is 2.75. The second-order valence-corrected chi connectivity index (χ2v) is 8.85. The summed E-state index contributed by atoms with van der Waals surface area (Å²) in [6.45, 7) is 0. The van der Waals surface area contributed by atoms with E-state index in [1.54, 1.807) is 6.07 Å². The van der Waals surface area contributed by atoms with Crippen LogP contribution in [0.1, 0.15) is 30.4 Å².